The van der Waals surface area contributed by atoms with Crippen molar-refractivity contribution in [3.63, 3.8) is 0 Å². The van der Waals surface area contributed by atoms with E-state index in [-0.39, 0.29) is 23.8 Å². The van der Waals surface area contributed by atoms with Gasteiger partial charge in [0.15, 0.2) is 4.90 Å². The molecule has 2 aromatic carbocycles. The molecule has 1 N–H and O–H groups in total. The maximum absolute atomic E-state index is 13.2. The van der Waals surface area contributed by atoms with E-state index in [0.717, 1.165) is 0 Å². The molecule has 0 aliphatic carbocycles. The molecule has 27 heavy (non-hydrogen) atoms. The highest BCUT2D eigenvalue weighted by molar-refractivity contribution is 7.89. The normalized spacial score (nSPS) is 17.7. The molecule has 8 nitrogen and oxygen atoms in total. The van der Waals surface area contributed by atoms with Gasteiger partial charge in [0, 0.05) is 31.3 Å². The fraction of sp³-hybridized carbons (Fsp3) is 0.294. The Morgan fingerprint density at radius 1 is 1.19 bits per heavy atom. The second kappa shape index (κ2) is 8.66. The summed E-state index contributed by atoms with van der Waals surface area (Å²) in [5.74, 6) is 0.573. The Balaban J connectivity index is 0.00000261. The van der Waals surface area contributed by atoms with Crippen molar-refractivity contribution < 1.29 is 18.1 Å². The van der Waals surface area contributed by atoms with Gasteiger partial charge in [-0.25, -0.2) is 8.42 Å². The number of benzene rings is 2. The predicted molar refractivity (Wildman–Crippen MR) is 103 cm³/mol. The van der Waals surface area contributed by atoms with Crippen molar-refractivity contribution in [3.05, 3.63) is 64.2 Å². The Hall–Kier alpha value is -2.20. The van der Waals surface area contributed by atoms with E-state index in [1.54, 1.807) is 18.2 Å². The van der Waals surface area contributed by atoms with E-state index in [9.17, 15) is 18.5 Å². The molecule has 1 aliphatic rings. The smallest absolute Gasteiger partial charge is 0.289 e. The minimum atomic E-state index is -4.06. The lowest BCUT2D eigenvalue weighted by atomic mass is 10.0. The van der Waals surface area contributed by atoms with Crippen LogP contribution >= 0.6 is 12.4 Å². The maximum atomic E-state index is 13.2. The molecule has 1 fully saturated rings. The molecular formula is C17H20ClN3O5S. The molecule has 0 radical (unpaired) electrons. The van der Waals surface area contributed by atoms with Gasteiger partial charge < -0.3 is 10.1 Å². The zero-order valence-corrected chi connectivity index (χ0v) is 16.2. The maximum Gasteiger partial charge on any atom is 0.289 e. The van der Waals surface area contributed by atoms with E-state index in [4.69, 9.17) is 4.74 Å². The van der Waals surface area contributed by atoms with Crippen LogP contribution in [0.1, 0.15) is 11.6 Å². The Bertz CT molecular complexity index is 922. The van der Waals surface area contributed by atoms with Crippen molar-refractivity contribution in [2.75, 3.05) is 26.7 Å². The summed E-state index contributed by atoms with van der Waals surface area (Å²) in [6, 6.07) is 12.1. The van der Waals surface area contributed by atoms with Crippen molar-refractivity contribution in [1.82, 2.24) is 9.62 Å². The van der Waals surface area contributed by atoms with Crippen molar-refractivity contribution in [1.29, 1.82) is 0 Å². The summed E-state index contributed by atoms with van der Waals surface area (Å²) in [6.45, 7) is 1.06. The van der Waals surface area contributed by atoms with E-state index < -0.39 is 26.7 Å². The molecule has 1 heterocycles. The van der Waals surface area contributed by atoms with Gasteiger partial charge in [0.2, 0.25) is 0 Å². The van der Waals surface area contributed by atoms with Crippen molar-refractivity contribution in [3.8, 4) is 5.75 Å². The van der Waals surface area contributed by atoms with Crippen LogP contribution < -0.4 is 10.1 Å². The molecule has 1 saturated heterocycles. The highest BCUT2D eigenvalue weighted by Gasteiger charge is 2.38. The second-order valence-corrected chi connectivity index (χ2v) is 7.66. The molecule has 3 rings (SSSR count). The van der Waals surface area contributed by atoms with E-state index in [2.05, 4.69) is 5.32 Å². The molecule has 2 aromatic rings. The number of para-hydroxylation sites is 2. The van der Waals surface area contributed by atoms with Crippen LogP contribution in [0.2, 0.25) is 0 Å². The number of sulfonamides is 1. The van der Waals surface area contributed by atoms with Crippen LogP contribution in [0.15, 0.2) is 53.4 Å². The molecule has 10 heteroatoms. The zero-order valence-electron chi connectivity index (χ0n) is 14.6. The monoisotopic (exact) mass is 413 g/mol. The molecular weight excluding hydrogens is 394 g/mol. The molecule has 0 amide bonds. The topological polar surface area (TPSA) is 102 Å². The molecule has 0 saturated carbocycles. The molecule has 0 aromatic heterocycles. The zero-order chi connectivity index (χ0) is 18.7. The Kier molecular flexibility index (Phi) is 6.77. The average molecular weight is 414 g/mol. The number of hydrogen-bond donors (Lipinski definition) is 1. The van der Waals surface area contributed by atoms with E-state index in [1.807, 2.05) is 6.07 Å². The number of hydrogen-bond acceptors (Lipinski definition) is 6. The number of methoxy groups -OCH3 is 1. The summed E-state index contributed by atoms with van der Waals surface area (Å²) in [7, 11) is -2.54. The number of nitrogens with zero attached hydrogens (tertiary/aromatic N) is 2. The number of nitrogens with one attached hydrogen (secondary N) is 1. The SMILES string of the molecule is COc1ccccc1C1CNCCN1S(=O)(=O)c1ccccc1[N+](=O)[O-].Cl. The summed E-state index contributed by atoms with van der Waals surface area (Å²) in [5.41, 5.74) is 0.286. The van der Waals surface area contributed by atoms with Gasteiger partial charge in [0.05, 0.1) is 18.1 Å². The van der Waals surface area contributed by atoms with E-state index in [1.165, 1.54) is 35.7 Å². The number of nitro groups is 1. The van der Waals surface area contributed by atoms with E-state index in [0.29, 0.717) is 24.4 Å². The lowest BCUT2D eigenvalue weighted by Gasteiger charge is -2.35. The first-order valence-corrected chi connectivity index (χ1v) is 9.49. The quantitative estimate of drug-likeness (QED) is 0.596. The van der Waals surface area contributed by atoms with Crippen LogP contribution in [0.3, 0.4) is 0 Å². The molecule has 1 aliphatic heterocycles. The number of piperazine rings is 1. The lowest BCUT2D eigenvalue weighted by molar-refractivity contribution is -0.387. The first-order valence-electron chi connectivity index (χ1n) is 8.05. The lowest BCUT2D eigenvalue weighted by Crippen LogP contribution is -2.48. The van der Waals surface area contributed by atoms with Crippen LogP contribution in [0, 0.1) is 10.1 Å². The third-order valence-electron chi connectivity index (χ3n) is 4.34. The van der Waals surface area contributed by atoms with Crippen molar-refractivity contribution in [2.24, 2.45) is 0 Å². The van der Waals surface area contributed by atoms with Crippen LogP contribution in [0.5, 0.6) is 5.75 Å². The van der Waals surface area contributed by atoms with Crippen molar-refractivity contribution >= 4 is 28.1 Å². The van der Waals surface area contributed by atoms with Gasteiger partial charge in [-0.2, -0.15) is 4.31 Å². The average Bonchev–Trinajstić information content (AvgIpc) is 2.68. The van der Waals surface area contributed by atoms with Gasteiger partial charge in [0.25, 0.3) is 15.7 Å². The Labute approximate surface area is 163 Å². The second-order valence-electron chi connectivity index (χ2n) is 5.80. The highest BCUT2D eigenvalue weighted by Crippen LogP contribution is 2.36. The van der Waals surface area contributed by atoms with Gasteiger partial charge >= 0.3 is 0 Å². The first-order chi connectivity index (χ1) is 12.5. The Morgan fingerprint density at radius 3 is 2.56 bits per heavy atom. The van der Waals surface area contributed by atoms with Gasteiger partial charge in [-0.1, -0.05) is 30.3 Å². The minimum absolute atomic E-state index is 0. The third kappa shape index (κ3) is 4.06. The van der Waals surface area contributed by atoms with Crippen LogP contribution in [0.4, 0.5) is 5.69 Å². The summed E-state index contributed by atoms with van der Waals surface area (Å²) in [6.07, 6.45) is 0. The van der Waals surface area contributed by atoms with Crippen LogP contribution in [-0.2, 0) is 10.0 Å². The van der Waals surface area contributed by atoms with Crippen molar-refractivity contribution in [2.45, 2.75) is 10.9 Å². The fourth-order valence-corrected chi connectivity index (χ4v) is 4.90. The first kappa shape index (κ1) is 21.1. The Morgan fingerprint density at radius 2 is 1.85 bits per heavy atom. The summed E-state index contributed by atoms with van der Waals surface area (Å²) < 4.78 is 33.2. The number of halogens is 1. The molecule has 0 spiro atoms. The summed E-state index contributed by atoms with van der Waals surface area (Å²) in [4.78, 5) is 10.3. The van der Waals surface area contributed by atoms with Gasteiger partial charge in [-0.3, -0.25) is 10.1 Å². The number of rotatable bonds is 5. The predicted octanol–water partition coefficient (Wildman–Crippen LogP) is 2.36. The van der Waals surface area contributed by atoms with Crippen LogP contribution in [0.25, 0.3) is 0 Å². The van der Waals surface area contributed by atoms with Gasteiger partial charge in [0.1, 0.15) is 5.75 Å². The van der Waals surface area contributed by atoms with E-state index >= 15 is 0 Å². The van der Waals surface area contributed by atoms with Gasteiger partial charge in [-0.05, 0) is 12.1 Å². The molecule has 1 unspecified atom stereocenters. The third-order valence-corrected chi connectivity index (χ3v) is 6.30. The fourth-order valence-electron chi connectivity index (χ4n) is 3.13. The molecule has 0 bridgehead atoms. The molecule has 146 valence electrons. The number of nitro benzene ring substituents is 1. The summed E-state index contributed by atoms with van der Waals surface area (Å²) >= 11 is 0. The largest absolute Gasteiger partial charge is 0.496 e. The summed E-state index contributed by atoms with van der Waals surface area (Å²) in [5, 5.41) is 14.5. The standard InChI is InChI=1S/C17H19N3O5S.ClH/c1-25-16-8-4-2-6-13(16)15-12-18-10-11-19(15)26(23,24)17-9-5-3-7-14(17)20(21)22;/h2-9,15,18H,10-12H2,1H3;1H. The minimum Gasteiger partial charge on any atom is -0.496 e. The molecule has 1 atom stereocenters. The van der Waals surface area contributed by atoms with Crippen LogP contribution in [-0.4, -0.2) is 44.4 Å². The van der Waals surface area contributed by atoms with Gasteiger partial charge in [-0.15, -0.1) is 12.4 Å². The number of ether oxygens (including phenoxy) is 1. The highest BCUT2D eigenvalue weighted by atomic mass is 35.5.